The molecule has 3 N–H and O–H groups in total. The molecule has 1 heterocycles. The van der Waals surface area contributed by atoms with Crippen LogP contribution in [0.2, 0.25) is 0 Å². The number of thiophene rings is 1. The third-order valence-electron chi connectivity index (χ3n) is 4.81. The van der Waals surface area contributed by atoms with Gasteiger partial charge in [0.1, 0.15) is 0 Å². The van der Waals surface area contributed by atoms with Crippen LogP contribution in [0.5, 0.6) is 0 Å². The van der Waals surface area contributed by atoms with Crippen LogP contribution in [0.3, 0.4) is 0 Å². The molecule has 0 spiro atoms. The predicted molar refractivity (Wildman–Crippen MR) is 90.7 cm³/mol. The van der Waals surface area contributed by atoms with Gasteiger partial charge in [0.05, 0.1) is 12.6 Å². The standard InChI is InChI=1S/C17H30N2OS/c1-3-15(18)16(17-13(2)9-12-21-17)19(10-11-20)14-7-5-4-6-8-14/h9,12,14-16,20H,3-8,10-11,18H2,1-2H3. The molecule has 0 bridgehead atoms. The number of aliphatic hydroxyl groups is 1. The van der Waals surface area contributed by atoms with Gasteiger partial charge in [0.25, 0.3) is 0 Å². The summed E-state index contributed by atoms with van der Waals surface area (Å²) in [6, 6.07) is 3.16. The van der Waals surface area contributed by atoms with Gasteiger partial charge in [0, 0.05) is 23.5 Å². The second-order valence-corrected chi connectivity index (χ2v) is 7.19. The van der Waals surface area contributed by atoms with Gasteiger partial charge < -0.3 is 10.8 Å². The Morgan fingerprint density at radius 2 is 2.10 bits per heavy atom. The number of rotatable bonds is 7. The summed E-state index contributed by atoms with van der Waals surface area (Å²) in [6.45, 7) is 5.30. The molecule has 0 radical (unpaired) electrons. The van der Waals surface area contributed by atoms with Gasteiger partial charge in [-0.05, 0) is 43.2 Å². The van der Waals surface area contributed by atoms with E-state index in [9.17, 15) is 5.11 Å². The van der Waals surface area contributed by atoms with E-state index >= 15 is 0 Å². The van der Waals surface area contributed by atoms with Crippen LogP contribution in [0.4, 0.5) is 0 Å². The van der Waals surface area contributed by atoms with Crippen LogP contribution in [0, 0.1) is 6.92 Å². The van der Waals surface area contributed by atoms with Gasteiger partial charge in [-0.25, -0.2) is 0 Å². The summed E-state index contributed by atoms with van der Waals surface area (Å²) in [5.74, 6) is 0. The third kappa shape index (κ3) is 4.07. The van der Waals surface area contributed by atoms with Crippen LogP contribution in [0.25, 0.3) is 0 Å². The first-order valence-electron chi connectivity index (χ1n) is 8.35. The number of hydrogen-bond donors (Lipinski definition) is 2. The van der Waals surface area contributed by atoms with Crippen molar-refractivity contribution < 1.29 is 5.11 Å². The Labute approximate surface area is 133 Å². The van der Waals surface area contributed by atoms with Crippen LogP contribution in [-0.2, 0) is 0 Å². The summed E-state index contributed by atoms with van der Waals surface area (Å²) in [7, 11) is 0. The summed E-state index contributed by atoms with van der Waals surface area (Å²) in [6.07, 6.45) is 7.44. The Hall–Kier alpha value is -0.420. The molecule has 2 unspecified atom stereocenters. The Kier molecular flexibility index (Phi) is 6.68. The van der Waals surface area contributed by atoms with E-state index < -0.39 is 0 Å². The highest BCUT2D eigenvalue weighted by Gasteiger charge is 2.33. The lowest BCUT2D eigenvalue weighted by molar-refractivity contribution is 0.0679. The molecule has 0 aromatic carbocycles. The average molecular weight is 311 g/mol. The smallest absolute Gasteiger partial charge is 0.0599 e. The van der Waals surface area contributed by atoms with Crippen molar-refractivity contribution in [3.8, 4) is 0 Å². The van der Waals surface area contributed by atoms with Crippen molar-refractivity contribution in [1.82, 2.24) is 4.90 Å². The van der Waals surface area contributed by atoms with Gasteiger partial charge in [-0.15, -0.1) is 11.3 Å². The maximum absolute atomic E-state index is 9.56. The van der Waals surface area contributed by atoms with Crippen molar-refractivity contribution in [2.75, 3.05) is 13.2 Å². The highest BCUT2D eigenvalue weighted by Crippen LogP contribution is 2.36. The molecule has 0 saturated heterocycles. The number of nitrogens with zero attached hydrogens (tertiary/aromatic N) is 1. The quantitative estimate of drug-likeness (QED) is 0.811. The molecule has 1 aromatic heterocycles. The number of aryl methyl sites for hydroxylation is 1. The topological polar surface area (TPSA) is 49.5 Å². The Morgan fingerprint density at radius 1 is 1.38 bits per heavy atom. The van der Waals surface area contributed by atoms with E-state index in [2.05, 4.69) is 30.2 Å². The molecular formula is C17H30N2OS. The summed E-state index contributed by atoms with van der Waals surface area (Å²) < 4.78 is 0. The molecule has 1 aliphatic rings. The first-order chi connectivity index (χ1) is 10.2. The van der Waals surface area contributed by atoms with Gasteiger partial charge >= 0.3 is 0 Å². The van der Waals surface area contributed by atoms with E-state index in [1.54, 1.807) is 0 Å². The number of nitrogens with two attached hydrogens (primary N) is 1. The monoisotopic (exact) mass is 310 g/mol. The molecule has 3 nitrogen and oxygen atoms in total. The van der Waals surface area contributed by atoms with Crippen LogP contribution in [-0.4, -0.2) is 35.2 Å². The van der Waals surface area contributed by atoms with Crippen LogP contribution in [0.15, 0.2) is 11.4 Å². The molecule has 4 heteroatoms. The van der Waals surface area contributed by atoms with Gasteiger partial charge in [-0.1, -0.05) is 26.2 Å². The first-order valence-corrected chi connectivity index (χ1v) is 9.23. The molecular weight excluding hydrogens is 280 g/mol. The van der Waals surface area contributed by atoms with Crippen molar-refractivity contribution in [3.05, 3.63) is 21.9 Å². The summed E-state index contributed by atoms with van der Waals surface area (Å²) in [4.78, 5) is 3.90. The maximum atomic E-state index is 9.56. The fraction of sp³-hybridized carbons (Fsp3) is 0.765. The lowest BCUT2D eigenvalue weighted by Crippen LogP contribution is -2.47. The van der Waals surface area contributed by atoms with Gasteiger partial charge in [0.15, 0.2) is 0 Å². The van der Waals surface area contributed by atoms with E-state index in [0.717, 1.165) is 13.0 Å². The zero-order chi connectivity index (χ0) is 15.2. The lowest BCUT2D eigenvalue weighted by Gasteiger charge is -2.42. The van der Waals surface area contributed by atoms with Crippen molar-refractivity contribution >= 4 is 11.3 Å². The van der Waals surface area contributed by atoms with Crippen molar-refractivity contribution in [2.45, 2.75) is 70.5 Å². The Balaban J connectivity index is 2.28. The maximum Gasteiger partial charge on any atom is 0.0599 e. The van der Waals surface area contributed by atoms with E-state index in [1.165, 1.54) is 42.5 Å². The second kappa shape index (κ2) is 8.28. The zero-order valence-electron chi connectivity index (χ0n) is 13.4. The molecule has 0 aliphatic heterocycles. The third-order valence-corrected chi connectivity index (χ3v) is 5.90. The average Bonchev–Trinajstić information content (AvgIpc) is 2.93. The minimum absolute atomic E-state index is 0.135. The van der Waals surface area contributed by atoms with E-state index in [-0.39, 0.29) is 18.7 Å². The minimum atomic E-state index is 0.135. The number of aliphatic hydroxyl groups excluding tert-OH is 1. The molecule has 0 amide bonds. The molecule has 1 aliphatic carbocycles. The molecule has 21 heavy (non-hydrogen) atoms. The highest BCUT2D eigenvalue weighted by atomic mass is 32.1. The van der Waals surface area contributed by atoms with Crippen molar-refractivity contribution in [1.29, 1.82) is 0 Å². The van der Waals surface area contributed by atoms with E-state index in [1.807, 2.05) is 11.3 Å². The molecule has 120 valence electrons. The van der Waals surface area contributed by atoms with Gasteiger partial charge in [-0.2, -0.15) is 0 Å². The van der Waals surface area contributed by atoms with E-state index in [0.29, 0.717) is 6.04 Å². The van der Waals surface area contributed by atoms with E-state index in [4.69, 9.17) is 5.73 Å². The number of hydrogen-bond acceptors (Lipinski definition) is 4. The highest BCUT2D eigenvalue weighted by molar-refractivity contribution is 7.10. The minimum Gasteiger partial charge on any atom is -0.395 e. The summed E-state index contributed by atoms with van der Waals surface area (Å²) in [5.41, 5.74) is 7.84. The van der Waals surface area contributed by atoms with Crippen LogP contribution in [0.1, 0.15) is 61.9 Å². The van der Waals surface area contributed by atoms with Gasteiger partial charge in [-0.3, -0.25) is 4.90 Å². The molecule has 2 rings (SSSR count). The van der Waals surface area contributed by atoms with Crippen LogP contribution >= 0.6 is 11.3 Å². The summed E-state index contributed by atoms with van der Waals surface area (Å²) >= 11 is 1.82. The fourth-order valence-corrected chi connectivity index (χ4v) is 4.70. The molecule has 2 atom stereocenters. The second-order valence-electron chi connectivity index (χ2n) is 6.24. The van der Waals surface area contributed by atoms with Crippen molar-refractivity contribution in [3.63, 3.8) is 0 Å². The lowest BCUT2D eigenvalue weighted by atomic mass is 9.90. The van der Waals surface area contributed by atoms with Gasteiger partial charge in [0.2, 0.25) is 0 Å². The first kappa shape index (κ1) is 16.9. The Bertz CT molecular complexity index is 415. The fourth-order valence-electron chi connectivity index (χ4n) is 3.58. The molecule has 1 fully saturated rings. The zero-order valence-corrected chi connectivity index (χ0v) is 14.2. The summed E-state index contributed by atoms with van der Waals surface area (Å²) in [5, 5.41) is 11.7. The van der Waals surface area contributed by atoms with Crippen LogP contribution < -0.4 is 5.73 Å². The molecule has 1 saturated carbocycles. The predicted octanol–water partition coefficient (Wildman–Crippen LogP) is 3.46. The largest absolute Gasteiger partial charge is 0.395 e. The SMILES string of the molecule is CCC(N)C(c1sccc1C)N(CCO)C1CCCCC1. The Morgan fingerprint density at radius 3 is 2.62 bits per heavy atom. The van der Waals surface area contributed by atoms with Crippen molar-refractivity contribution in [2.24, 2.45) is 5.73 Å². The molecule has 1 aromatic rings. The normalized spacial score (nSPS) is 19.9.